The molecule has 3 aromatic carbocycles. The summed E-state index contributed by atoms with van der Waals surface area (Å²) in [4.78, 5) is 4.73. The maximum atomic E-state index is 5.53. The molecule has 7 nitrogen and oxygen atoms in total. The summed E-state index contributed by atoms with van der Waals surface area (Å²) < 4.78 is 7.75. The molecule has 5 rings (SSSR count). The number of hydrazone groups is 1. The van der Waals surface area contributed by atoms with Crippen LogP contribution in [-0.2, 0) is 6.54 Å². The number of aromatic nitrogens is 4. The monoisotopic (exact) mass is 424 g/mol. The first kappa shape index (κ1) is 19.9. The quantitative estimate of drug-likeness (QED) is 0.280. The lowest BCUT2D eigenvalue weighted by atomic mass is 10.0. The van der Waals surface area contributed by atoms with Crippen LogP contribution in [0.2, 0.25) is 0 Å². The molecule has 32 heavy (non-hydrogen) atoms. The third-order valence-corrected chi connectivity index (χ3v) is 5.62. The maximum Gasteiger partial charge on any atom is 0.265 e. The minimum Gasteiger partial charge on any atom is -0.496 e. The molecule has 2 aromatic heterocycles. The molecule has 0 aliphatic carbocycles. The zero-order valence-electron chi connectivity index (χ0n) is 18.1. The minimum absolute atomic E-state index is 0.355. The van der Waals surface area contributed by atoms with Crippen LogP contribution in [0.3, 0.4) is 0 Å². The number of nitrogens with zero attached hydrogens (tertiary/aromatic N) is 5. The van der Waals surface area contributed by atoms with Crippen molar-refractivity contribution in [2.24, 2.45) is 5.10 Å². The van der Waals surface area contributed by atoms with E-state index < -0.39 is 0 Å². The highest BCUT2D eigenvalue weighted by Gasteiger charge is 2.14. The van der Waals surface area contributed by atoms with E-state index in [2.05, 4.69) is 56.5 Å². The molecule has 0 saturated heterocycles. The van der Waals surface area contributed by atoms with Gasteiger partial charge in [-0.1, -0.05) is 61.9 Å². The summed E-state index contributed by atoms with van der Waals surface area (Å²) in [6, 6.07) is 20.3. The predicted molar refractivity (Wildman–Crippen MR) is 129 cm³/mol. The van der Waals surface area contributed by atoms with E-state index in [1.165, 1.54) is 0 Å². The van der Waals surface area contributed by atoms with Crippen molar-refractivity contribution in [1.82, 2.24) is 19.7 Å². The van der Waals surface area contributed by atoms with Crippen LogP contribution in [0, 0.1) is 0 Å². The van der Waals surface area contributed by atoms with Gasteiger partial charge in [-0.2, -0.15) is 10.1 Å². The average Bonchev–Trinajstić information content (AvgIpc) is 3.15. The lowest BCUT2D eigenvalue weighted by molar-refractivity contribution is 0.415. The highest BCUT2D eigenvalue weighted by atomic mass is 16.5. The molecule has 0 spiro atoms. The Hall–Kier alpha value is -4.00. The van der Waals surface area contributed by atoms with Crippen LogP contribution < -0.4 is 10.2 Å². The van der Waals surface area contributed by atoms with E-state index in [9.17, 15) is 0 Å². The zero-order valence-corrected chi connectivity index (χ0v) is 18.1. The summed E-state index contributed by atoms with van der Waals surface area (Å²) in [5.41, 5.74) is 6.58. The Morgan fingerprint density at radius 3 is 2.66 bits per heavy atom. The third-order valence-electron chi connectivity index (χ3n) is 5.62. The fraction of sp³-hybridized carbons (Fsp3) is 0.200. The predicted octanol–water partition coefficient (Wildman–Crippen LogP) is 5.39. The Kier molecular flexibility index (Phi) is 5.37. The van der Waals surface area contributed by atoms with E-state index in [0.717, 1.165) is 63.5 Å². The number of rotatable bonds is 7. The second kappa shape index (κ2) is 8.63. The van der Waals surface area contributed by atoms with Gasteiger partial charge in [-0.3, -0.25) is 0 Å². The van der Waals surface area contributed by atoms with Gasteiger partial charge < -0.3 is 9.30 Å². The molecule has 0 amide bonds. The first-order valence-corrected chi connectivity index (χ1v) is 10.8. The lowest BCUT2D eigenvalue weighted by Gasteiger charge is -2.08. The van der Waals surface area contributed by atoms with E-state index >= 15 is 0 Å². The van der Waals surface area contributed by atoms with Crippen LogP contribution in [0.1, 0.15) is 25.3 Å². The summed E-state index contributed by atoms with van der Waals surface area (Å²) >= 11 is 0. The molecule has 2 heterocycles. The standard InChI is InChI=1S/C25H24N6O/c1-3-4-15-31-21-12-8-7-11-19(21)23-24(31)27-25(30-28-23)29-26-16-20-18-10-6-5-9-17(18)13-14-22(20)32-2/h5-14,16H,3-4,15H2,1-2H3,(H,27,29,30)/b26-16+. The van der Waals surface area contributed by atoms with E-state index in [1.807, 2.05) is 36.4 Å². The van der Waals surface area contributed by atoms with Crippen molar-refractivity contribution in [1.29, 1.82) is 0 Å². The fourth-order valence-electron chi connectivity index (χ4n) is 4.03. The number of benzene rings is 3. The number of methoxy groups -OCH3 is 1. The largest absolute Gasteiger partial charge is 0.496 e. The summed E-state index contributed by atoms with van der Waals surface area (Å²) in [5.74, 6) is 1.11. The van der Waals surface area contributed by atoms with E-state index in [4.69, 9.17) is 9.72 Å². The number of hydrogen-bond donors (Lipinski definition) is 1. The molecule has 0 bridgehead atoms. The smallest absolute Gasteiger partial charge is 0.265 e. The Morgan fingerprint density at radius 1 is 1.00 bits per heavy atom. The van der Waals surface area contributed by atoms with Crippen molar-refractivity contribution in [3.8, 4) is 5.75 Å². The Morgan fingerprint density at radius 2 is 1.81 bits per heavy atom. The van der Waals surface area contributed by atoms with Crippen LogP contribution in [0.5, 0.6) is 5.75 Å². The molecule has 5 aromatic rings. The van der Waals surface area contributed by atoms with Gasteiger partial charge in [0.1, 0.15) is 11.3 Å². The molecule has 160 valence electrons. The Bertz CT molecular complexity index is 1440. The van der Waals surface area contributed by atoms with Gasteiger partial charge in [0.25, 0.3) is 5.95 Å². The van der Waals surface area contributed by atoms with Crippen molar-refractivity contribution in [3.05, 3.63) is 66.2 Å². The lowest BCUT2D eigenvalue weighted by Crippen LogP contribution is -2.03. The number of unbranched alkanes of at least 4 members (excludes halogenated alkanes) is 1. The summed E-state index contributed by atoms with van der Waals surface area (Å²) in [6.45, 7) is 3.07. The summed E-state index contributed by atoms with van der Waals surface area (Å²) in [6.07, 6.45) is 3.91. The highest BCUT2D eigenvalue weighted by molar-refractivity contribution is 6.04. The normalized spacial score (nSPS) is 11.7. The van der Waals surface area contributed by atoms with Gasteiger partial charge in [0.2, 0.25) is 0 Å². The number of para-hydroxylation sites is 1. The van der Waals surface area contributed by atoms with Crippen molar-refractivity contribution >= 4 is 45.0 Å². The van der Waals surface area contributed by atoms with Gasteiger partial charge in [-0.15, -0.1) is 10.2 Å². The van der Waals surface area contributed by atoms with E-state index in [1.54, 1.807) is 13.3 Å². The molecule has 1 N–H and O–H groups in total. The number of hydrogen-bond acceptors (Lipinski definition) is 6. The van der Waals surface area contributed by atoms with Crippen LogP contribution in [0.25, 0.3) is 32.8 Å². The molecular formula is C25H24N6O. The van der Waals surface area contributed by atoms with Gasteiger partial charge in [-0.25, -0.2) is 5.43 Å². The molecule has 0 unspecified atom stereocenters. The van der Waals surface area contributed by atoms with Gasteiger partial charge in [0.15, 0.2) is 5.65 Å². The molecular weight excluding hydrogens is 400 g/mol. The highest BCUT2D eigenvalue weighted by Crippen LogP contribution is 2.28. The average molecular weight is 425 g/mol. The number of nitrogens with one attached hydrogen (secondary N) is 1. The third kappa shape index (κ3) is 3.51. The molecule has 0 aliphatic rings. The number of ether oxygens (including phenoxy) is 1. The van der Waals surface area contributed by atoms with Gasteiger partial charge in [-0.05, 0) is 29.3 Å². The van der Waals surface area contributed by atoms with Crippen molar-refractivity contribution in [3.63, 3.8) is 0 Å². The number of fused-ring (bicyclic) bond motifs is 4. The van der Waals surface area contributed by atoms with Crippen LogP contribution >= 0.6 is 0 Å². The topological polar surface area (TPSA) is 77.2 Å². The summed E-state index contributed by atoms with van der Waals surface area (Å²) in [7, 11) is 1.66. The van der Waals surface area contributed by atoms with Gasteiger partial charge in [0, 0.05) is 17.5 Å². The summed E-state index contributed by atoms with van der Waals surface area (Å²) in [5, 5.41) is 16.3. The van der Waals surface area contributed by atoms with Crippen molar-refractivity contribution < 1.29 is 4.74 Å². The van der Waals surface area contributed by atoms with E-state index in [0.29, 0.717) is 5.95 Å². The fourth-order valence-corrected chi connectivity index (χ4v) is 4.03. The second-order valence-corrected chi connectivity index (χ2v) is 7.60. The van der Waals surface area contributed by atoms with E-state index in [-0.39, 0.29) is 0 Å². The first-order valence-electron chi connectivity index (χ1n) is 10.8. The second-order valence-electron chi connectivity index (χ2n) is 7.60. The van der Waals surface area contributed by atoms with Crippen LogP contribution in [0.15, 0.2) is 65.8 Å². The van der Waals surface area contributed by atoms with Gasteiger partial charge in [0.05, 0.1) is 18.8 Å². The van der Waals surface area contributed by atoms with Crippen LogP contribution in [0.4, 0.5) is 5.95 Å². The maximum absolute atomic E-state index is 5.53. The Labute approximate surface area is 185 Å². The zero-order chi connectivity index (χ0) is 21.9. The van der Waals surface area contributed by atoms with Gasteiger partial charge >= 0.3 is 0 Å². The SMILES string of the molecule is CCCCn1c2ccccc2c2nnc(N/N=C/c3c(OC)ccc4ccccc34)nc21. The molecule has 7 heteroatoms. The van der Waals surface area contributed by atoms with Crippen LogP contribution in [-0.4, -0.2) is 33.1 Å². The molecule has 0 radical (unpaired) electrons. The molecule has 0 fully saturated rings. The number of anilines is 1. The van der Waals surface area contributed by atoms with Crippen molar-refractivity contribution in [2.45, 2.75) is 26.3 Å². The molecule has 0 saturated carbocycles. The van der Waals surface area contributed by atoms with Crippen molar-refractivity contribution in [2.75, 3.05) is 12.5 Å². The number of aryl methyl sites for hydroxylation is 1. The molecule has 0 aliphatic heterocycles. The first-order chi connectivity index (χ1) is 15.8. The minimum atomic E-state index is 0.355. The Balaban J connectivity index is 1.51. The molecule has 0 atom stereocenters.